The van der Waals surface area contributed by atoms with E-state index in [1.54, 1.807) is 50.8 Å². The van der Waals surface area contributed by atoms with Crippen molar-refractivity contribution in [1.82, 2.24) is 24.4 Å². The molecule has 1 aromatic carbocycles. The van der Waals surface area contributed by atoms with Crippen molar-refractivity contribution in [2.24, 2.45) is 7.05 Å². The number of aryl methyl sites for hydroxylation is 1. The molecule has 0 bridgehead atoms. The Balaban J connectivity index is 1.71. The van der Waals surface area contributed by atoms with Crippen LogP contribution in [0.2, 0.25) is 0 Å². The van der Waals surface area contributed by atoms with Gasteiger partial charge in [-0.05, 0) is 31.2 Å². The summed E-state index contributed by atoms with van der Waals surface area (Å²) in [6, 6.07) is 6.37. The zero-order chi connectivity index (χ0) is 23.5. The molecule has 3 aromatic heterocycles. The van der Waals surface area contributed by atoms with E-state index >= 15 is 0 Å². The quantitative estimate of drug-likeness (QED) is 0.377. The van der Waals surface area contributed by atoms with Crippen molar-refractivity contribution in [3.8, 4) is 17.0 Å². The van der Waals surface area contributed by atoms with Gasteiger partial charge in [0, 0.05) is 41.8 Å². The fraction of sp³-hybridized carbons (Fsp3) is 0.238. The molecule has 0 unspecified atom stereocenters. The van der Waals surface area contributed by atoms with E-state index in [0.29, 0.717) is 17.1 Å². The van der Waals surface area contributed by atoms with Crippen molar-refractivity contribution in [1.29, 1.82) is 0 Å². The Hall–Kier alpha value is -3.51. The van der Waals surface area contributed by atoms with E-state index in [1.807, 2.05) is 0 Å². The van der Waals surface area contributed by atoms with Crippen molar-refractivity contribution >= 4 is 29.0 Å². The molecule has 0 spiro atoms. The zero-order valence-corrected chi connectivity index (χ0v) is 18.5. The molecule has 172 valence electrons. The van der Waals surface area contributed by atoms with Crippen molar-refractivity contribution in [2.45, 2.75) is 24.5 Å². The molecule has 0 radical (unpaired) electrons. The van der Waals surface area contributed by atoms with Crippen molar-refractivity contribution < 1.29 is 23.4 Å². The maximum atomic E-state index is 13.0. The summed E-state index contributed by atoms with van der Waals surface area (Å²) >= 11 is 1.36. The number of fused-ring (bicyclic) bond motifs is 1. The summed E-state index contributed by atoms with van der Waals surface area (Å²) < 4.78 is 33.7. The highest BCUT2D eigenvalue weighted by molar-refractivity contribution is 7.99. The van der Waals surface area contributed by atoms with Gasteiger partial charge in [0.25, 0.3) is 5.91 Å². The van der Waals surface area contributed by atoms with Crippen LogP contribution < -0.4 is 10.1 Å². The van der Waals surface area contributed by atoms with Gasteiger partial charge in [0.1, 0.15) is 17.0 Å². The summed E-state index contributed by atoms with van der Waals surface area (Å²) in [4.78, 5) is 17.9. The Morgan fingerprint density at radius 1 is 1.36 bits per heavy atom. The molecule has 4 rings (SSSR count). The molecule has 0 fully saturated rings. The van der Waals surface area contributed by atoms with Crippen LogP contribution in [0.25, 0.3) is 16.9 Å². The van der Waals surface area contributed by atoms with Gasteiger partial charge in [0.15, 0.2) is 5.65 Å². The summed E-state index contributed by atoms with van der Waals surface area (Å²) in [5, 5.41) is 20.8. The summed E-state index contributed by atoms with van der Waals surface area (Å²) in [5.74, 6) is -0.144. The molecule has 12 heteroatoms. The first-order valence-corrected chi connectivity index (χ1v) is 10.8. The van der Waals surface area contributed by atoms with Crippen LogP contribution in [-0.2, 0) is 7.05 Å². The number of rotatable bonds is 8. The maximum Gasteiger partial charge on any atom is 0.387 e. The second kappa shape index (κ2) is 9.55. The molecule has 0 aliphatic rings. The van der Waals surface area contributed by atoms with Gasteiger partial charge in [-0.15, -0.1) is 11.8 Å². The molecular formula is C21H20F2N6O3S. The molecule has 0 aliphatic carbocycles. The van der Waals surface area contributed by atoms with Gasteiger partial charge in [0.05, 0.1) is 18.0 Å². The first-order chi connectivity index (χ1) is 15.8. The number of benzene rings is 1. The van der Waals surface area contributed by atoms with E-state index in [1.165, 1.54) is 33.2 Å². The van der Waals surface area contributed by atoms with Crippen molar-refractivity contribution in [3.63, 3.8) is 0 Å². The minimum Gasteiger partial charge on any atom is -0.434 e. The zero-order valence-electron chi connectivity index (χ0n) is 17.6. The second-order valence-corrected chi connectivity index (χ2v) is 8.26. The first kappa shape index (κ1) is 22.7. The topological polar surface area (TPSA) is 107 Å². The van der Waals surface area contributed by atoms with Gasteiger partial charge < -0.3 is 15.2 Å². The number of hydrogen-bond acceptors (Lipinski definition) is 7. The molecule has 4 aromatic rings. The third-order valence-corrected chi connectivity index (χ3v) is 5.75. The van der Waals surface area contributed by atoms with Gasteiger partial charge >= 0.3 is 6.61 Å². The smallest absolute Gasteiger partial charge is 0.387 e. The fourth-order valence-corrected chi connectivity index (χ4v) is 3.95. The van der Waals surface area contributed by atoms with Gasteiger partial charge in [-0.2, -0.15) is 19.0 Å². The van der Waals surface area contributed by atoms with E-state index in [0.717, 1.165) is 4.90 Å². The van der Waals surface area contributed by atoms with E-state index in [9.17, 15) is 18.7 Å². The number of nitrogens with one attached hydrogen (secondary N) is 1. The van der Waals surface area contributed by atoms with Gasteiger partial charge in [0.2, 0.25) is 0 Å². The lowest BCUT2D eigenvalue weighted by Gasteiger charge is -2.13. The molecular weight excluding hydrogens is 454 g/mol. The molecule has 33 heavy (non-hydrogen) atoms. The summed E-state index contributed by atoms with van der Waals surface area (Å²) in [7, 11) is 1.65. The van der Waals surface area contributed by atoms with E-state index in [-0.39, 0.29) is 22.6 Å². The van der Waals surface area contributed by atoms with Crippen LogP contribution in [0, 0.1) is 0 Å². The number of halogens is 2. The Morgan fingerprint density at radius 3 is 2.94 bits per heavy atom. The van der Waals surface area contributed by atoms with Crippen LogP contribution in [0.4, 0.5) is 14.5 Å². The van der Waals surface area contributed by atoms with Gasteiger partial charge in [-0.25, -0.2) is 9.50 Å². The third-order valence-electron chi connectivity index (χ3n) is 4.51. The summed E-state index contributed by atoms with van der Waals surface area (Å²) in [6.45, 7) is -1.38. The molecule has 0 saturated heterocycles. The van der Waals surface area contributed by atoms with Gasteiger partial charge in [-0.3, -0.25) is 9.48 Å². The number of alkyl halides is 2. The highest BCUT2D eigenvalue weighted by Crippen LogP contribution is 2.38. The Labute approximate surface area is 191 Å². The predicted molar refractivity (Wildman–Crippen MR) is 119 cm³/mol. The predicted octanol–water partition coefficient (Wildman–Crippen LogP) is 3.46. The number of anilines is 1. The largest absolute Gasteiger partial charge is 0.434 e. The molecule has 0 saturated carbocycles. The molecule has 3 heterocycles. The van der Waals surface area contributed by atoms with E-state index < -0.39 is 18.6 Å². The molecule has 9 nitrogen and oxygen atoms in total. The Kier molecular flexibility index (Phi) is 6.56. The van der Waals surface area contributed by atoms with Crippen LogP contribution in [0.3, 0.4) is 0 Å². The highest BCUT2D eigenvalue weighted by Gasteiger charge is 2.21. The van der Waals surface area contributed by atoms with Gasteiger partial charge in [-0.1, -0.05) is 0 Å². The number of amides is 1. The van der Waals surface area contributed by atoms with E-state index in [4.69, 9.17) is 4.74 Å². The number of nitrogens with zero attached hydrogens (tertiary/aromatic N) is 5. The second-order valence-electron chi connectivity index (χ2n) is 7.16. The summed E-state index contributed by atoms with van der Waals surface area (Å²) in [6.07, 6.45) is 5.63. The fourth-order valence-electron chi connectivity index (χ4n) is 3.16. The number of ether oxygens (including phenoxy) is 1. The number of carbonyl (C=O) groups is 1. The first-order valence-electron chi connectivity index (χ1n) is 9.85. The summed E-state index contributed by atoms with van der Waals surface area (Å²) in [5.41, 5.74) is 1.45. The maximum absolute atomic E-state index is 13.0. The molecule has 0 aliphatic heterocycles. The average molecular weight is 474 g/mol. The van der Waals surface area contributed by atoms with Crippen molar-refractivity contribution in [2.75, 3.05) is 11.1 Å². The lowest BCUT2D eigenvalue weighted by Crippen LogP contribution is -2.12. The molecule has 2 N–H and O–H groups in total. The lowest BCUT2D eigenvalue weighted by atomic mass is 10.1. The van der Waals surface area contributed by atoms with Crippen LogP contribution >= 0.6 is 11.8 Å². The minimum atomic E-state index is -3.04. The standard InChI is InChI=1S/C21H20F2N6O3S/c1-12(30)11-33-13-4-5-17(32-21(22)23)14(8-13)18-16(10-28(2)27-18)26-20(31)15-9-25-29-7-3-6-24-19(15)29/h3-10,12,21,30H,11H2,1-2H3,(H,26,31)/t12-/m0/s1. The van der Waals surface area contributed by atoms with Crippen molar-refractivity contribution in [3.05, 3.63) is 54.6 Å². The lowest BCUT2D eigenvalue weighted by molar-refractivity contribution is -0.0494. The van der Waals surface area contributed by atoms with Crippen LogP contribution in [0.15, 0.2) is 53.9 Å². The monoisotopic (exact) mass is 474 g/mol. The number of aliphatic hydroxyl groups excluding tert-OH is 1. The van der Waals surface area contributed by atoms with E-state index in [2.05, 4.69) is 20.5 Å². The number of thioether (sulfide) groups is 1. The number of carbonyl (C=O) groups excluding carboxylic acids is 1. The highest BCUT2D eigenvalue weighted by atomic mass is 32.2. The van der Waals surface area contributed by atoms with Crippen LogP contribution in [-0.4, -0.2) is 53.9 Å². The SMILES string of the molecule is C[C@H](O)CSc1ccc(OC(F)F)c(-c2nn(C)cc2NC(=O)c2cnn3cccnc23)c1. The molecule has 1 amide bonds. The number of aromatic nitrogens is 5. The Bertz CT molecular complexity index is 1290. The van der Waals surface area contributed by atoms with Crippen LogP contribution in [0.1, 0.15) is 17.3 Å². The average Bonchev–Trinajstić information content (AvgIpc) is 3.36. The molecule has 1 atom stereocenters. The van der Waals surface area contributed by atoms with Crippen LogP contribution in [0.5, 0.6) is 5.75 Å². The number of aliphatic hydroxyl groups is 1. The Morgan fingerprint density at radius 2 is 2.18 bits per heavy atom. The normalized spacial score (nSPS) is 12.3. The third kappa shape index (κ3) is 5.12. The minimum absolute atomic E-state index is 0.0850. The number of hydrogen-bond donors (Lipinski definition) is 2.